The van der Waals surface area contributed by atoms with Crippen molar-refractivity contribution in [2.45, 2.75) is 25.2 Å². The van der Waals surface area contributed by atoms with Crippen molar-refractivity contribution in [2.24, 2.45) is 7.05 Å². The molecule has 4 N–H and O–H groups in total. The molecule has 0 aliphatic carbocycles. The summed E-state index contributed by atoms with van der Waals surface area (Å²) in [5.41, 5.74) is 1.64. The van der Waals surface area contributed by atoms with Gasteiger partial charge in [-0.25, -0.2) is 9.78 Å². The summed E-state index contributed by atoms with van der Waals surface area (Å²) in [6, 6.07) is 11.0. The minimum Gasteiger partial charge on any atom is -0.475 e. The number of aryl methyl sites for hydroxylation is 1. The molecule has 0 fully saturated rings. The molecule has 1 aromatic carbocycles. The summed E-state index contributed by atoms with van der Waals surface area (Å²) in [7, 11) is 1.71. The predicted octanol–water partition coefficient (Wildman–Crippen LogP) is 3.67. The van der Waals surface area contributed by atoms with Gasteiger partial charge in [-0.05, 0) is 12.1 Å². The number of carboxylic acids is 1. The highest BCUT2D eigenvalue weighted by Crippen LogP contribution is 2.27. The number of H-pyrrole nitrogens is 1. The number of aromatic nitrogens is 6. The lowest BCUT2D eigenvalue weighted by Gasteiger charge is -2.18. The average molecular weight is 633 g/mol. The molecule has 4 heterocycles. The highest BCUT2D eigenvalue weighted by molar-refractivity contribution is 5.80. The van der Waals surface area contributed by atoms with E-state index in [4.69, 9.17) is 9.90 Å². The SMILES string of the molecule is Cn1cc(-c2cnc(NCC(F)(F)c3ccccc3)c(=O)n2CC(=O)NCc2cc3cnccc3[nH]2)cn1.O=C(O)C(F)(F)F. The first-order chi connectivity index (χ1) is 21.2. The lowest BCUT2D eigenvalue weighted by Crippen LogP contribution is -2.35. The quantitative estimate of drug-likeness (QED) is 0.179. The molecule has 0 aliphatic rings. The van der Waals surface area contributed by atoms with Gasteiger partial charge in [-0.1, -0.05) is 30.3 Å². The highest BCUT2D eigenvalue weighted by Gasteiger charge is 2.38. The van der Waals surface area contributed by atoms with Gasteiger partial charge in [0, 0.05) is 53.4 Å². The summed E-state index contributed by atoms with van der Waals surface area (Å²) in [6.07, 6.45) is 2.85. The third-order valence-electron chi connectivity index (χ3n) is 6.23. The second kappa shape index (κ2) is 13.4. The maximum absolute atomic E-state index is 14.7. The Morgan fingerprint density at radius 1 is 1.04 bits per heavy atom. The number of halogens is 5. The molecule has 0 saturated heterocycles. The van der Waals surface area contributed by atoms with E-state index in [0.717, 1.165) is 16.6 Å². The van der Waals surface area contributed by atoms with E-state index in [1.807, 2.05) is 12.1 Å². The molecule has 45 heavy (non-hydrogen) atoms. The number of hydrogen-bond donors (Lipinski definition) is 4. The molecule has 1 amide bonds. The molecule has 4 aromatic heterocycles. The van der Waals surface area contributed by atoms with E-state index in [-0.39, 0.29) is 24.5 Å². The molecule has 5 rings (SSSR count). The van der Waals surface area contributed by atoms with Gasteiger partial charge in [0.25, 0.3) is 11.5 Å². The molecule has 236 valence electrons. The minimum atomic E-state index is -5.08. The van der Waals surface area contributed by atoms with Crippen LogP contribution in [0, 0.1) is 0 Å². The summed E-state index contributed by atoms with van der Waals surface area (Å²) < 4.78 is 63.8. The summed E-state index contributed by atoms with van der Waals surface area (Å²) in [5, 5.41) is 17.4. The zero-order valence-corrected chi connectivity index (χ0v) is 23.3. The van der Waals surface area contributed by atoms with E-state index in [0.29, 0.717) is 11.3 Å². The summed E-state index contributed by atoms with van der Waals surface area (Å²) in [5.74, 6) is -6.73. The van der Waals surface area contributed by atoms with Gasteiger partial charge in [0.15, 0.2) is 5.82 Å². The number of amides is 1. The third-order valence-corrected chi connectivity index (χ3v) is 6.23. The van der Waals surface area contributed by atoms with Crippen molar-refractivity contribution >= 4 is 28.6 Å². The van der Waals surface area contributed by atoms with Gasteiger partial charge in [0.1, 0.15) is 6.54 Å². The number of benzene rings is 1. The number of carbonyl (C=O) groups excluding carboxylic acids is 1. The summed E-state index contributed by atoms with van der Waals surface area (Å²) in [6.45, 7) is -0.992. The van der Waals surface area contributed by atoms with Crippen molar-refractivity contribution in [1.82, 2.24) is 34.6 Å². The van der Waals surface area contributed by atoms with Gasteiger partial charge in [0.05, 0.1) is 31.2 Å². The number of aliphatic carboxylic acids is 1. The molecule has 0 saturated carbocycles. The van der Waals surface area contributed by atoms with Crippen LogP contribution in [0.3, 0.4) is 0 Å². The fourth-order valence-corrected chi connectivity index (χ4v) is 4.05. The normalized spacial score (nSPS) is 11.5. The first-order valence-corrected chi connectivity index (χ1v) is 13.0. The lowest BCUT2D eigenvalue weighted by molar-refractivity contribution is -0.192. The van der Waals surface area contributed by atoms with Crippen LogP contribution in [-0.4, -0.2) is 59.0 Å². The number of nitrogens with zero attached hydrogens (tertiary/aromatic N) is 5. The number of nitrogens with one attached hydrogen (secondary N) is 3. The molecular formula is C28H25F5N8O4. The van der Waals surface area contributed by atoms with Crippen LogP contribution >= 0.6 is 0 Å². The van der Waals surface area contributed by atoms with E-state index >= 15 is 0 Å². The maximum atomic E-state index is 14.7. The molecule has 0 spiro atoms. The Bertz CT molecular complexity index is 1820. The number of pyridine rings is 1. The Balaban J connectivity index is 0.000000591. The lowest BCUT2D eigenvalue weighted by atomic mass is 10.1. The van der Waals surface area contributed by atoms with Crippen molar-refractivity contribution in [3.05, 3.63) is 95.1 Å². The molecule has 0 aliphatic heterocycles. The van der Waals surface area contributed by atoms with Crippen molar-refractivity contribution in [1.29, 1.82) is 0 Å². The Morgan fingerprint density at radius 3 is 2.38 bits per heavy atom. The first-order valence-electron chi connectivity index (χ1n) is 13.0. The number of rotatable bonds is 9. The molecular weight excluding hydrogens is 607 g/mol. The number of hydrogen-bond acceptors (Lipinski definition) is 7. The van der Waals surface area contributed by atoms with Gasteiger partial charge < -0.3 is 20.7 Å². The Morgan fingerprint density at radius 2 is 1.76 bits per heavy atom. The zero-order valence-electron chi connectivity index (χ0n) is 23.3. The Kier molecular flexibility index (Phi) is 9.59. The number of carboxylic acid groups (broad SMARTS) is 1. The van der Waals surface area contributed by atoms with E-state index in [1.54, 1.807) is 36.4 Å². The van der Waals surface area contributed by atoms with Crippen molar-refractivity contribution in [3.63, 3.8) is 0 Å². The standard InChI is InChI=1S/C26H24F2N8O2.C2HF3O2/c1-35-14-18(11-33-35)22-13-31-24(32-16-26(27,28)19-5-3-2-4-6-19)25(38)36(22)15-23(37)30-12-20-9-17-10-29-8-7-21(17)34-20;3-2(4,5)1(6)7/h2-11,13-14,34H,12,15-16H2,1H3,(H,30,37)(H,31,32);(H,6,7). The smallest absolute Gasteiger partial charge is 0.475 e. The van der Waals surface area contributed by atoms with Crippen LogP contribution in [0.4, 0.5) is 27.8 Å². The van der Waals surface area contributed by atoms with Crippen LogP contribution in [0.25, 0.3) is 22.2 Å². The van der Waals surface area contributed by atoms with Crippen molar-refractivity contribution in [2.75, 3.05) is 11.9 Å². The second-order valence-electron chi connectivity index (χ2n) is 9.55. The predicted molar refractivity (Wildman–Crippen MR) is 151 cm³/mol. The van der Waals surface area contributed by atoms with Gasteiger partial charge in [-0.2, -0.15) is 27.1 Å². The molecule has 12 nitrogen and oxygen atoms in total. The highest BCUT2D eigenvalue weighted by atomic mass is 19.4. The maximum Gasteiger partial charge on any atom is 0.490 e. The van der Waals surface area contributed by atoms with Crippen LogP contribution in [0.2, 0.25) is 0 Å². The summed E-state index contributed by atoms with van der Waals surface area (Å²) in [4.78, 5) is 46.5. The molecule has 0 radical (unpaired) electrons. The van der Waals surface area contributed by atoms with E-state index in [1.165, 1.54) is 41.2 Å². The largest absolute Gasteiger partial charge is 0.490 e. The molecule has 0 unspecified atom stereocenters. The molecule has 5 aromatic rings. The van der Waals surface area contributed by atoms with E-state index in [9.17, 15) is 31.5 Å². The monoisotopic (exact) mass is 632 g/mol. The average Bonchev–Trinajstić information content (AvgIpc) is 3.62. The molecule has 0 bridgehead atoms. The second-order valence-corrected chi connectivity index (χ2v) is 9.55. The number of alkyl halides is 5. The zero-order chi connectivity index (χ0) is 32.8. The van der Waals surface area contributed by atoms with E-state index in [2.05, 4.69) is 30.7 Å². The van der Waals surface area contributed by atoms with Crippen LogP contribution in [0.1, 0.15) is 11.3 Å². The fraction of sp³-hybridized carbons (Fsp3) is 0.214. The third kappa shape index (κ3) is 8.27. The first kappa shape index (κ1) is 32.3. The number of anilines is 1. The van der Waals surface area contributed by atoms with Gasteiger partial charge in [-0.3, -0.25) is 23.8 Å². The fourth-order valence-electron chi connectivity index (χ4n) is 4.05. The van der Waals surface area contributed by atoms with Crippen LogP contribution in [0.15, 0.2) is 78.2 Å². The van der Waals surface area contributed by atoms with E-state index < -0.39 is 36.1 Å². The topological polar surface area (TPSA) is 160 Å². The molecule has 0 atom stereocenters. The van der Waals surface area contributed by atoms with Gasteiger partial charge >= 0.3 is 12.1 Å². The molecule has 17 heteroatoms. The number of fused-ring (bicyclic) bond motifs is 1. The van der Waals surface area contributed by atoms with Crippen LogP contribution < -0.4 is 16.2 Å². The van der Waals surface area contributed by atoms with Gasteiger partial charge in [-0.15, -0.1) is 0 Å². The van der Waals surface area contributed by atoms with Crippen LogP contribution in [0.5, 0.6) is 0 Å². The Hall–Kier alpha value is -5.61. The number of aromatic amines is 1. The van der Waals surface area contributed by atoms with Crippen molar-refractivity contribution < 1.29 is 36.6 Å². The van der Waals surface area contributed by atoms with Gasteiger partial charge in [0.2, 0.25) is 5.91 Å². The Labute approximate surface area is 250 Å². The minimum absolute atomic E-state index is 0.188. The van der Waals surface area contributed by atoms with Crippen LogP contribution in [-0.2, 0) is 35.6 Å². The number of carbonyl (C=O) groups is 2. The van der Waals surface area contributed by atoms with Crippen molar-refractivity contribution in [3.8, 4) is 11.3 Å². The summed E-state index contributed by atoms with van der Waals surface area (Å²) >= 11 is 0.